The number of nitrogens with zero attached hydrogens (tertiary/aromatic N) is 3. The topological polar surface area (TPSA) is 78.7 Å². The third-order valence-corrected chi connectivity index (χ3v) is 2.38. The average molecular weight is 238 g/mol. The zero-order valence-electron chi connectivity index (χ0n) is 9.50. The predicted molar refractivity (Wildman–Crippen MR) is 64.4 cm³/mol. The monoisotopic (exact) mass is 238 g/mol. The highest BCUT2D eigenvalue weighted by Gasteiger charge is 2.04. The highest BCUT2D eigenvalue weighted by molar-refractivity contribution is 5.93. The van der Waals surface area contributed by atoms with Gasteiger partial charge in [-0.3, -0.25) is 4.79 Å². The van der Waals surface area contributed by atoms with Gasteiger partial charge < -0.3 is 5.32 Å². The van der Waals surface area contributed by atoms with Crippen LogP contribution >= 0.6 is 0 Å². The van der Waals surface area contributed by atoms with Gasteiger partial charge in [0.1, 0.15) is 0 Å². The average Bonchev–Trinajstić information content (AvgIpc) is 2.46. The van der Waals surface area contributed by atoms with Crippen LogP contribution in [0.3, 0.4) is 0 Å². The van der Waals surface area contributed by atoms with Gasteiger partial charge in [0.05, 0.1) is 29.6 Å². The Morgan fingerprint density at radius 3 is 2.61 bits per heavy atom. The molecule has 0 aliphatic rings. The third kappa shape index (κ3) is 2.89. The summed E-state index contributed by atoms with van der Waals surface area (Å²) >= 11 is 0. The van der Waals surface area contributed by atoms with Crippen LogP contribution in [0.1, 0.15) is 21.5 Å². The van der Waals surface area contributed by atoms with Crippen LogP contribution in [0.4, 0.5) is 0 Å². The van der Waals surface area contributed by atoms with Crippen molar-refractivity contribution in [3.63, 3.8) is 0 Å². The van der Waals surface area contributed by atoms with Crippen LogP contribution in [0.2, 0.25) is 0 Å². The number of hydrogen-bond acceptors (Lipinski definition) is 4. The number of nitriles is 1. The third-order valence-electron chi connectivity index (χ3n) is 2.38. The molecule has 0 aliphatic carbocycles. The number of nitrogens with one attached hydrogen (secondary N) is 1. The minimum Gasteiger partial charge on any atom is -0.348 e. The predicted octanol–water partition coefficient (Wildman–Crippen LogP) is 1.28. The Hall–Kier alpha value is -2.74. The largest absolute Gasteiger partial charge is 0.348 e. The van der Waals surface area contributed by atoms with Gasteiger partial charge in [-0.1, -0.05) is 12.1 Å². The molecule has 0 unspecified atom stereocenters. The molecule has 0 saturated carbocycles. The van der Waals surface area contributed by atoms with Gasteiger partial charge in [-0.25, -0.2) is 0 Å². The zero-order chi connectivity index (χ0) is 12.8. The summed E-state index contributed by atoms with van der Waals surface area (Å²) in [5, 5.41) is 18.7. The van der Waals surface area contributed by atoms with Gasteiger partial charge in [0.15, 0.2) is 0 Å². The first-order valence-corrected chi connectivity index (χ1v) is 5.33. The first-order valence-electron chi connectivity index (χ1n) is 5.33. The highest BCUT2D eigenvalue weighted by atomic mass is 16.1. The van der Waals surface area contributed by atoms with Crippen molar-refractivity contribution in [3.05, 3.63) is 59.4 Å². The molecule has 1 N–H and O–H groups in total. The van der Waals surface area contributed by atoms with E-state index in [2.05, 4.69) is 15.5 Å². The molecule has 2 aromatic rings. The van der Waals surface area contributed by atoms with E-state index in [0.29, 0.717) is 17.7 Å². The maximum Gasteiger partial charge on any atom is 0.253 e. The summed E-state index contributed by atoms with van der Waals surface area (Å²) in [5.41, 5.74) is 2.01. The van der Waals surface area contributed by atoms with Crippen molar-refractivity contribution in [1.29, 1.82) is 5.26 Å². The van der Waals surface area contributed by atoms with Crippen molar-refractivity contribution in [2.24, 2.45) is 0 Å². The van der Waals surface area contributed by atoms with Gasteiger partial charge in [0, 0.05) is 6.54 Å². The quantitative estimate of drug-likeness (QED) is 0.873. The fourth-order valence-electron chi connectivity index (χ4n) is 1.41. The van der Waals surface area contributed by atoms with Crippen LogP contribution in [0, 0.1) is 11.3 Å². The van der Waals surface area contributed by atoms with Gasteiger partial charge in [-0.2, -0.15) is 15.5 Å². The van der Waals surface area contributed by atoms with Crippen LogP contribution in [-0.2, 0) is 6.54 Å². The summed E-state index contributed by atoms with van der Waals surface area (Å²) in [6.07, 6.45) is 2.88. The van der Waals surface area contributed by atoms with Gasteiger partial charge in [0.2, 0.25) is 0 Å². The van der Waals surface area contributed by atoms with Crippen molar-refractivity contribution in [1.82, 2.24) is 15.5 Å². The maximum atomic E-state index is 11.7. The van der Waals surface area contributed by atoms with E-state index in [0.717, 1.165) is 5.56 Å². The van der Waals surface area contributed by atoms with Crippen molar-refractivity contribution in [2.45, 2.75) is 6.54 Å². The maximum absolute atomic E-state index is 11.7. The van der Waals surface area contributed by atoms with Crippen LogP contribution < -0.4 is 5.32 Å². The number of aromatic nitrogens is 2. The summed E-state index contributed by atoms with van der Waals surface area (Å²) in [5.74, 6) is -0.200. The van der Waals surface area contributed by atoms with Crippen LogP contribution in [0.5, 0.6) is 0 Å². The Kier molecular flexibility index (Phi) is 3.62. The van der Waals surface area contributed by atoms with E-state index in [1.807, 2.05) is 18.2 Å². The molecule has 18 heavy (non-hydrogen) atoms. The van der Waals surface area contributed by atoms with Gasteiger partial charge in [-0.05, 0) is 23.8 Å². The summed E-state index contributed by atoms with van der Waals surface area (Å²) in [7, 11) is 0. The number of carbonyl (C=O) groups excluding carboxylic acids is 1. The molecular formula is C13H10N4O. The van der Waals surface area contributed by atoms with Gasteiger partial charge in [0.25, 0.3) is 5.91 Å². The molecule has 1 amide bonds. The number of hydrogen-bond donors (Lipinski definition) is 1. The minimum absolute atomic E-state index is 0.200. The molecule has 1 aromatic heterocycles. The van der Waals surface area contributed by atoms with Crippen LogP contribution in [0.25, 0.3) is 0 Å². The lowest BCUT2D eigenvalue weighted by Crippen LogP contribution is -2.22. The molecule has 0 bridgehead atoms. The number of carbonyl (C=O) groups is 1. The SMILES string of the molecule is N#Cc1ccc(CNC(=O)c2ccnnc2)cc1. The molecule has 0 aliphatic heterocycles. The Labute approximate surface area is 104 Å². The first kappa shape index (κ1) is 11.7. The van der Waals surface area contributed by atoms with E-state index in [9.17, 15) is 4.79 Å². The Morgan fingerprint density at radius 1 is 1.22 bits per heavy atom. The van der Waals surface area contributed by atoms with Crippen molar-refractivity contribution >= 4 is 5.91 Å². The lowest BCUT2D eigenvalue weighted by atomic mass is 10.1. The van der Waals surface area contributed by atoms with Crippen molar-refractivity contribution in [2.75, 3.05) is 0 Å². The second kappa shape index (κ2) is 5.55. The van der Waals surface area contributed by atoms with E-state index in [1.54, 1.807) is 18.2 Å². The molecule has 1 heterocycles. The van der Waals surface area contributed by atoms with E-state index in [4.69, 9.17) is 5.26 Å². The molecular weight excluding hydrogens is 228 g/mol. The summed E-state index contributed by atoms with van der Waals surface area (Å²) in [6, 6.07) is 10.7. The van der Waals surface area contributed by atoms with Crippen LogP contribution in [0.15, 0.2) is 42.7 Å². The second-order valence-corrected chi connectivity index (χ2v) is 3.62. The van der Waals surface area contributed by atoms with Crippen LogP contribution in [-0.4, -0.2) is 16.1 Å². The number of rotatable bonds is 3. The summed E-state index contributed by atoms with van der Waals surface area (Å²) in [6.45, 7) is 0.410. The standard InChI is InChI=1S/C13H10N4O/c14-7-10-1-3-11(4-2-10)8-15-13(18)12-5-6-16-17-9-12/h1-6,9H,8H2,(H,15,18). The molecule has 88 valence electrons. The summed E-state index contributed by atoms with van der Waals surface area (Å²) < 4.78 is 0. The molecule has 5 heteroatoms. The zero-order valence-corrected chi connectivity index (χ0v) is 9.50. The van der Waals surface area contributed by atoms with Gasteiger partial charge >= 0.3 is 0 Å². The molecule has 0 atom stereocenters. The van der Waals surface area contributed by atoms with E-state index in [-0.39, 0.29) is 5.91 Å². The molecule has 0 saturated heterocycles. The minimum atomic E-state index is -0.200. The number of amides is 1. The van der Waals surface area contributed by atoms with E-state index in [1.165, 1.54) is 12.4 Å². The Balaban J connectivity index is 1.95. The normalized spacial score (nSPS) is 9.50. The lowest BCUT2D eigenvalue weighted by molar-refractivity contribution is 0.0950. The molecule has 2 rings (SSSR count). The molecule has 0 spiro atoms. The highest BCUT2D eigenvalue weighted by Crippen LogP contribution is 2.03. The Bertz CT molecular complexity index is 572. The Morgan fingerprint density at radius 2 is 2.00 bits per heavy atom. The fourth-order valence-corrected chi connectivity index (χ4v) is 1.41. The van der Waals surface area contributed by atoms with E-state index >= 15 is 0 Å². The molecule has 0 radical (unpaired) electrons. The first-order chi connectivity index (χ1) is 8.79. The second-order valence-electron chi connectivity index (χ2n) is 3.62. The fraction of sp³-hybridized carbons (Fsp3) is 0.0769. The lowest BCUT2D eigenvalue weighted by Gasteiger charge is -2.04. The van der Waals surface area contributed by atoms with Crippen molar-refractivity contribution < 1.29 is 4.79 Å². The number of benzene rings is 1. The smallest absolute Gasteiger partial charge is 0.253 e. The van der Waals surface area contributed by atoms with Crippen molar-refractivity contribution in [3.8, 4) is 6.07 Å². The molecule has 5 nitrogen and oxygen atoms in total. The molecule has 0 fully saturated rings. The van der Waals surface area contributed by atoms with E-state index < -0.39 is 0 Å². The summed E-state index contributed by atoms with van der Waals surface area (Å²) in [4.78, 5) is 11.7. The molecule has 1 aromatic carbocycles. The van der Waals surface area contributed by atoms with Gasteiger partial charge in [-0.15, -0.1) is 0 Å².